The summed E-state index contributed by atoms with van der Waals surface area (Å²) in [6, 6.07) is 6.72. The topological polar surface area (TPSA) is 71.5 Å². The number of methoxy groups -OCH3 is 1. The van der Waals surface area contributed by atoms with Crippen LogP contribution in [0.1, 0.15) is 20.8 Å². The number of carbonyl (C=O) groups excluding carboxylic acids is 2. The Morgan fingerprint density at radius 2 is 1.88 bits per heavy atom. The maximum Gasteiger partial charge on any atom is 0.273 e. The molecule has 0 aliphatic rings. The van der Waals surface area contributed by atoms with E-state index in [1.54, 1.807) is 53.8 Å². The van der Waals surface area contributed by atoms with Crippen LogP contribution in [0, 0.1) is 0 Å². The highest BCUT2D eigenvalue weighted by atomic mass is 32.1. The van der Waals surface area contributed by atoms with Gasteiger partial charge in [-0.05, 0) is 24.3 Å². The number of ether oxygens (including phenoxy) is 1. The van der Waals surface area contributed by atoms with Gasteiger partial charge < -0.3 is 9.64 Å². The molecule has 1 aromatic carbocycles. The molecule has 2 rings (SSSR count). The molecule has 2 aromatic rings. The van der Waals surface area contributed by atoms with E-state index in [1.165, 1.54) is 11.3 Å². The number of aromatic nitrogens is 1. The Morgan fingerprint density at radius 3 is 2.44 bits per heavy atom. The van der Waals surface area contributed by atoms with Gasteiger partial charge in [-0.15, -0.1) is 24.5 Å². The maximum absolute atomic E-state index is 12.4. The van der Waals surface area contributed by atoms with E-state index in [4.69, 9.17) is 4.74 Å². The third-order valence-electron chi connectivity index (χ3n) is 3.28. The molecular weight excluding hydrogens is 338 g/mol. The summed E-state index contributed by atoms with van der Waals surface area (Å²) in [4.78, 5) is 30.4. The number of amides is 2. The van der Waals surface area contributed by atoms with Gasteiger partial charge in [0.1, 0.15) is 11.4 Å². The van der Waals surface area contributed by atoms with Gasteiger partial charge in [-0.1, -0.05) is 12.2 Å². The first-order valence-electron chi connectivity index (χ1n) is 7.51. The molecule has 2 amide bonds. The number of benzene rings is 1. The number of hydrogen-bond donors (Lipinski definition) is 1. The lowest BCUT2D eigenvalue weighted by atomic mass is 10.2. The van der Waals surface area contributed by atoms with E-state index >= 15 is 0 Å². The van der Waals surface area contributed by atoms with E-state index in [-0.39, 0.29) is 17.5 Å². The molecule has 7 heteroatoms. The predicted octanol–water partition coefficient (Wildman–Crippen LogP) is 3.22. The van der Waals surface area contributed by atoms with E-state index in [9.17, 15) is 9.59 Å². The van der Waals surface area contributed by atoms with Crippen LogP contribution in [-0.4, -0.2) is 41.9 Å². The van der Waals surface area contributed by atoms with Gasteiger partial charge in [0, 0.05) is 24.0 Å². The second-order valence-electron chi connectivity index (χ2n) is 5.01. The number of rotatable bonds is 8. The van der Waals surface area contributed by atoms with Gasteiger partial charge in [-0.3, -0.25) is 14.9 Å². The molecule has 0 fully saturated rings. The SMILES string of the molecule is C=CCN(CC=C)C(=O)c1csc(NC(=O)c2ccc(OC)cc2)n1. The molecular formula is C18H19N3O3S. The minimum Gasteiger partial charge on any atom is -0.497 e. The molecule has 0 unspecified atom stereocenters. The van der Waals surface area contributed by atoms with Gasteiger partial charge in [-0.25, -0.2) is 4.98 Å². The molecule has 0 saturated heterocycles. The van der Waals surface area contributed by atoms with Crippen molar-refractivity contribution in [3.63, 3.8) is 0 Å². The molecule has 1 N–H and O–H groups in total. The molecule has 0 bridgehead atoms. The van der Waals surface area contributed by atoms with Crippen LogP contribution in [0.2, 0.25) is 0 Å². The van der Waals surface area contributed by atoms with Gasteiger partial charge in [0.05, 0.1) is 7.11 Å². The van der Waals surface area contributed by atoms with Gasteiger partial charge >= 0.3 is 0 Å². The fourth-order valence-corrected chi connectivity index (χ4v) is 2.73. The van der Waals surface area contributed by atoms with Crippen molar-refractivity contribution in [1.29, 1.82) is 0 Å². The van der Waals surface area contributed by atoms with Crippen LogP contribution < -0.4 is 10.1 Å². The number of nitrogens with zero attached hydrogens (tertiary/aromatic N) is 2. The van der Waals surface area contributed by atoms with Crippen LogP contribution in [-0.2, 0) is 0 Å². The van der Waals surface area contributed by atoms with Crippen molar-refractivity contribution in [2.45, 2.75) is 0 Å². The minimum absolute atomic E-state index is 0.235. The van der Waals surface area contributed by atoms with Gasteiger partial charge in [0.2, 0.25) is 0 Å². The van der Waals surface area contributed by atoms with E-state index in [2.05, 4.69) is 23.5 Å². The summed E-state index contributed by atoms with van der Waals surface area (Å²) in [6.07, 6.45) is 3.28. The minimum atomic E-state index is -0.301. The Labute approximate surface area is 150 Å². The Morgan fingerprint density at radius 1 is 1.24 bits per heavy atom. The summed E-state index contributed by atoms with van der Waals surface area (Å²) in [5, 5.41) is 4.67. The third-order valence-corrected chi connectivity index (χ3v) is 4.04. The largest absolute Gasteiger partial charge is 0.497 e. The number of anilines is 1. The predicted molar refractivity (Wildman–Crippen MR) is 99.4 cm³/mol. The van der Waals surface area contributed by atoms with Crippen LogP contribution in [0.15, 0.2) is 55.0 Å². The second-order valence-corrected chi connectivity index (χ2v) is 5.87. The zero-order valence-electron chi connectivity index (χ0n) is 13.9. The van der Waals surface area contributed by atoms with Crippen molar-refractivity contribution in [2.24, 2.45) is 0 Å². The first-order chi connectivity index (χ1) is 12.1. The van der Waals surface area contributed by atoms with E-state index in [0.29, 0.717) is 29.5 Å². The number of hydrogen-bond acceptors (Lipinski definition) is 5. The Bertz CT molecular complexity index is 758. The van der Waals surface area contributed by atoms with E-state index in [0.717, 1.165) is 0 Å². The molecule has 0 aliphatic carbocycles. The van der Waals surface area contributed by atoms with Crippen LogP contribution in [0.3, 0.4) is 0 Å². The first kappa shape index (κ1) is 18.4. The van der Waals surface area contributed by atoms with E-state index < -0.39 is 0 Å². The average Bonchev–Trinajstić information content (AvgIpc) is 3.09. The molecule has 0 radical (unpaired) electrons. The summed E-state index contributed by atoms with van der Waals surface area (Å²) in [6.45, 7) is 8.07. The Hall–Kier alpha value is -2.93. The highest BCUT2D eigenvalue weighted by molar-refractivity contribution is 7.14. The summed E-state index contributed by atoms with van der Waals surface area (Å²) in [5.41, 5.74) is 0.752. The molecule has 0 spiro atoms. The Balaban J connectivity index is 2.06. The summed E-state index contributed by atoms with van der Waals surface area (Å²) in [5.74, 6) is 0.134. The van der Waals surface area contributed by atoms with E-state index in [1.807, 2.05) is 0 Å². The van der Waals surface area contributed by atoms with Crippen molar-refractivity contribution < 1.29 is 14.3 Å². The van der Waals surface area contributed by atoms with Crippen LogP contribution in [0.25, 0.3) is 0 Å². The van der Waals surface area contributed by atoms with Crippen molar-refractivity contribution >= 4 is 28.3 Å². The monoisotopic (exact) mass is 357 g/mol. The summed E-state index contributed by atoms with van der Waals surface area (Å²) >= 11 is 1.20. The fourth-order valence-electron chi connectivity index (χ4n) is 2.06. The molecule has 1 aromatic heterocycles. The van der Waals surface area contributed by atoms with Crippen LogP contribution in [0.5, 0.6) is 5.75 Å². The van der Waals surface area contributed by atoms with Crippen molar-refractivity contribution in [3.05, 3.63) is 66.2 Å². The zero-order valence-corrected chi connectivity index (χ0v) is 14.7. The third kappa shape index (κ3) is 4.77. The zero-order chi connectivity index (χ0) is 18.2. The first-order valence-corrected chi connectivity index (χ1v) is 8.39. The van der Waals surface area contributed by atoms with Crippen molar-refractivity contribution in [1.82, 2.24) is 9.88 Å². The molecule has 25 heavy (non-hydrogen) atoms. The summed E-state index contributed by atoms with van der Waals surface area (Å²) in [7, 11) is 1.56. The van der Waals surface area contributed by atoms with Gasteiger partial charge in [0.25, 0.3) is 11.8 Å². The molecule has 1 heterocycles. The number of carbonyl (C=O) groups is 2. The van der Waals surface area contributed by atoms with Crippen molar-refractivity contribution in [2.75, 3.05) is 25.5 Å². The fraction of sp³-hybridized carbons (Fsp3) is 0.167. The van der Waals surface area contributed by atoms with Crippen LogP contribution >= 0.6 is 11.3 Å². The lowest BCUT2D eigenvalue weighted by molar-refractivity contribution is 0.0785. The Kier molecular flexibility index (Phi) is 6.47. The number of nitrogens with one attached hydrogen (secondary N) is 1. The lowest BCUT2D eigenvalue weighted by Gasteiger charge is -2.17. The molecule has 6 nitrogen and oxygen atoms in total. The average molecular weight is 357 g/mol. The maximum atomic E-state index is 12.4. The van der Waals surface area contributed by atoms with Gasteiger partial charge in [-0.2, -0.15) is 0 Å². The van der Waals surface area contributed by atoms with Crippen LogP contribution in [0.4, 0.5) is 5.13 Å². The highest BCUT2D eigenvalue weighted by Gasteiger charge is 2.18. The second kappa shape index (κ2) is 8.79. The van der Waals surface area contributed by atoms with Gasteiger partial charge in [0.15, 0.2) is 5.13 Å². The quantitative estimate of drug-likeness (QED) is 0.737. The lowest BCUT2D eigenvalue weighted by Crippen LogP contribution is -2.31. The smallest absolute Gasteiger partial charge is 0.273 e. The molecule has 0 aliphatic heterocycles. The number of thiazole rings is 1. The molecule has 0 atom stereocenters. The molecule has 0 saturated carbocycles. The summed E-state index contributed by atoms with van der Waals surface area (Å²) < 4.78 is 5.06. The van der Waals surface area contributed by atoms with Crippen molar-refractivity contribution in [3.8, 4) is 5.75 Å². The standard InChI is InChI=1S/C18H19N3O3S/c1-4-10-21(11-5-2)17(23)15-12-25-18(19-15)20-16(22)13-6-8-14(24-3)9-7-13/h4-9,12H,1-2,10-11H2,3H3,(H,19,20,22). The normalized spacial score (nSPS) is 9.96. The molecule has 130 valence electrons. The highest BCUT2D eigenvalue weighted by Crippen LogP contribution is 2.19.